The lowest BCUT2D eigenvalue weighted by molar-refractivity contribution is 0.0780. The van der Waals surface area contributed by atoms with Gasteiger partial charge in [0.05, 0.1) is 24.2 Å². The topological polar surface area (TPSA) is 75.6 Å². The number of ether oxygens (including phenoxy) is 1. The van der Waals surface area contributed by atoms with Crippen LogP contribution in [0.2, 0.25) is 0 Å². The van der Waals surface area contributed by atoms with Gasteiger partial charge in [-0.2, -0.15) is 0 Å². The van der Waals surface area contributed by atoms with Gasteiger partial charge in [0.25, 0.3) is 0 Å². The zero-order chi connectivity index (χ0) is 23.1. The molecule has 0 unspecified atom stereocenters. The lowest BCUT2D eigenvalue weighted by Gasteiger charge is -2.35. The summed E-state index contributed by atoms with van der Waals surface area (Å²) in [5.41, 5.74) is 4.46. The summed E-state index contributed by atoms with van der Waals surface area (Å²) in [7, 11) is -3.23. The molecular weight excluding hydrogens is 422 g/mol. The average Bonchev–Trinajstić information content (AvgIpc) is 2.75. The molecule has 0 spiro atoms. The monoisotopic (exact) mass is 459 g/mol. The van der Waals surface area contributed by atoms with Crippen LogP contribution in [0.4, 0.5) is 0 Å². The maximum atomic E-state index is 12.6. The molecule has 6 heteroatoms. The highest BCUT2D eigenvalue weighted by atomic mass is 32.2. The molecule has 5 nitrogen and oxygen atoms in total. The predicted molar refractivity (Wildman–Crippen MR) is 129 cm³/mol. The molecule has 2 aromatic rings. The van der Waals surface area contributed by atoms with E-state index in [9.17, 15) is 13.5 Å². The van der Waals surface area contributed by atoms with E-state index in [1.807, 2.05) is 30.3 Å². The summed E-state index contributed by atoms with van der Waals surface area (Å²) >= 11 is 0. The van der Waals surface area contributed by atoms with E-state index in [1.165, 1.54) is 5.56 Å². The predicted octanol–water partition coefficient (Wildman–Crippen LogP) is 3.84. The third-order valence-corrected chi connectivity index (χ3v) is 7.89. The fourth-order valence-electron chi connectivity index (χ4n) is 4.35. The minimum atomic E-state index is -3.23. The minimum absolute atomic E-state index is 0.0196. The molecule has 0 saturated carbocycles. The van der Waals surface area contributed by atoms with Crippen LogP contribution in [0.25, 0.3) is 0 Å². The third-order valence-electron chi connectivity index (χ3n) is 6.09. The highest BCUT2D eigenvalue weighted by Crippen LogP contribution is 2.25. The normalized spacial score (nSPS) is 22.8. The molecule has 0 bridgehead atoms. The minimum Gasteiger partial charge on any atom is -0.391 e. The first-order chi connectivity index (χ1) is 15.3. The number of rotatable bonds is 10. The molecule has 2 aromatic carbocycles. The van der Waals surface area contributed by atoms with Crippen LogP contribution in [0, 0.1) is 5.92 Å². The molecule has 2 N–H and O–H groups in total. The Hall–Kier alpha value is -1.73. The first-order valence-electron chi connectivity index (χ1n) is 11.6. The van der Waals surface area contributed by atoms with Crippen molar-refractivity contribution in [1.82, 2.24) is 5.32 Å². The Bertz CT molecular complexity index is 973. The van der Waals surface area contributed by atoms with Crippen LogP contribution < -0.4 is 5.32 Å². The quantitative estimate of drug-likeness (QED) is 0.528. The number of aliphatic hydroxyl groups excluding tert-OH is 1. The smallest absolute Gasteiger partial charge is 0.152 e. The van der Waals surface area contributed by atoms with Gasteiger partial charge >= 0.3 is 0 Å². The van der Waals surface area contributed by atoms with Gasteiger partial charge in [-0.3, -0.25) is 0 Å². The molecule has 0 amide bonds. The lowest BCUT2D eigenvalue weighted by Crippen LogP contribution is -2.54. The lowest BCUT2D eigenvalue weighted by atomic mass is 9.90. The van der Waals surface area contributed by atoms with Crippen LogP contribution in [0.5, 0.6) is 0 Å². The fourth-order valence-corrected chi connectivity index (χ4v) is 6.31. The zero-order valence-corrected chi connectivity index (χ0v) is 20.3. The van der Waals surface area contributed by atoms with Crippen molar-refractivity contribution < 1.29 is 18.3 Å². The molecule has 0 aliphatic carbocycles. The van der Waals surface area contributed by atoms with Gasteiger partial charge in [0.2, 0.25) is 0 Å². The van der Waals surface area contributed by atoms with Gasteiger partial charge in [0, 0.05) is 25.1 Å². The molecule has 1 aliphatic rings. The Balaban J connectivity index is 1.66. The number of nitrogens with one attached hydrogen (secondary N) is 1. The van der Waals surface area contributed by atoms with Crippen LogP contribution in [-0.4, -0.2) is 43.8 Å². The summed E-state index contributed by atoms with van der Waals surface area (Å²) < 4.78 is 30.9. The number of aliphatic hydroxyl groups is 1. The van der Waals surface area contributed by atoms with Crippen molar-refractivity contribution in [1.29, 1.82) is 0 Å². The highest BCUT2D eigenvalue weighted by molar-refractivity contribution is 7.91. The second kappa shape index (κ2) is 11.4. The molecule has 3 rings (SSSR count). The van der Waals surface area contributed by atoms with E-state index >= 15 is 0 Å². The Morgan fingerprint density at radius 2 is 1.78 bits per heavy atom. The summed E-state index contributed by atoms with van der Waals surface area (Å²) in [5, 5.41) is 14.4. The maximum Gasteiger partial charge on any atom is 0.152 e. The molecule has 32 heavy (non-hydrogen) atoms. The maximum absolute atomic E-state index is 12.6. The van der Waals surface area contributed by atoms with E-state index in [0.717, 1.165) is 29.7 Å². The standard InChI is InChI=1S/C26H37NO4S/c1-4-11-31-16-22-9-5-7-20(12-22)13-24-17-32(29,30)18-25(26(24)28)27-15-21-8-6-10-23(14-21)19(2)3/h5-10,12,14,19,24-28H,4,11,13,15-18H2,1-3H3/t24-,25+,26+/m1/s1. The SMILES string of the molecule is CCCOCc1cccc(C[C@@H]2CS(=O)(=O)C[C@H](NCc3cccc(C(C)C)c3)[C@H]2O)c1. The summed E-state index contributed by atoms with van der Waals surface area (Å²) in [5.74, 6) is 0.0914. The van der Waals surface area contributed by atoms with Crippen LogP contribution in [0.1, 0.15) is 55.4 Å². The van der Waals surface area contributed by atoms with Gasteiger partial charge in [-0.05, 0) is 41.0 Å². The Morgan fingerprint density at radius 1 is 1.06 bits per heavy atom. The van der Waals surface area contributed by atoms with Crippen molar-refractivity contribution in [3.63, 3.8) is 0 Å². The van der Waals surface area contributed by atoms with Crippen molar-refractivity contribution >= 4 is 9.84 Å². The Kier molecular flexibility index (Phi) is 8.88. The zero-order valence-electron chi connectivity index (χ0n) is 19.5. The first kappa shape index (κ1) is 24.9. The molecule has 0 aromatic heterocycles. The fraction of sp³-hybridized carbons (Fsp3) is 0.538. The number of hydrogen-bond donors (Lipinski definition) is 2. The Morgan fingerprint density at radius 3 is 2.53 bits per heavy atom. The van der Waals surface area contributed by atoms with E-state index in [2.05, 4.69) is 44.3 Å². The number of benzene rings is 2. The van der Waals surface area contributed by atoms with E-state index in [0.29, 0.717) is 25.5 Å². The van der Waals surface area contributed by atoms with Gasteiger partial charge in [-0.15, -0.1) is 0 Å². The molecular formula is C26H37NO4S. The van der Waals surface area contributed by atoms with Crippen LogP contribution in [0.15, 0.2) is 48.5 Å². The van der Waals surface area contributed by atoms with Gasteiger partial charge in [-0.1, -0.05) is 69.3 Å². The third kappa shape index (κ3) is 7.14. The molecule has 1 saturated heterocycles. The molecule has 1 heterocycles. The molecule has 1 fully saturated rings. The Labute approximate surface area is 193 Å². The number of sulfone groups is 1. The summed E-state index contributed by atoms with van der Waals surface area (Å²) in [6.45, 7) is 8.19. The van der Waals surface area contributed by atoms with Crippen molar-refractivity contribution in [3.05, 3.63) is 70.8 Å². The average molecular weight is 460 g/mol. The van der Waals surface area contributed by atoms with E-state index in [1.54, 1.807) is 0 Å². The summed E-state index contributed by atoms with van der Waals surface area (Å²) in [6, 6.07) is 15.9. The molecule has 0 radical (unpaired) electrons. The van der Waals surface area contributed by atoms with Crippen LogP contribution in [-0.2, 0) is 34.1 Å². The second-order valence-electron chi connectivity index (χ2n) is 9.29. The summed E-state index contributed by atoms with van der Waals surface area (Å²) in [6.07, 6.45) is 0.789. The second-order valence-corrected chi connectivity index (χ2v) is 11.4. The van der Waals surface area contributed by atoms with Crippen molar-refractivity contribution in [2.24, 2.45) is 5.92 Å². The van der Waals surface area contributed by atoms with Crippen molar-refractivity contribution in [2.45, 2.75) is 64.8 Å². The highest BCUT2D eigenvalue weighted by Gasteiger charge is 2.39. The first-order valence-corrected chi connectivity index (χ1v) is 13.5. The van der Waals surface area contributed by atoms with E-state index in [4.69, 9.17) is 4.74 Å². The van der Waals surface area contributed by atoms with Crippen molar-refractivity contribution in [2.75, 3.05) is 18.1 Å². The van der Waals surface area contributed by atoms with Crippen LogP contribution >= 0.6 is 0 Å². The summed E-state index contributed by atoms with van der Waals surface area (Å²) in [4.78, 5) is 0. The van der Waals surface area contributed by atoms with Gasteiger partial charge in [0.1, 0.15) is 0 Å². The van der Waals surface area contributed by atoms with E-state index in [-0.39, 0.29) is 17.4 Å². The molecule has 1 aliphatic heterocycles. The van der Waals surface area contributed by atoms with Gasteiger partial charge in [0.15, 0.2) is 9.84 Å². The molecule has 176 valence electrons. The largest absolute Gasteiger partial charge is 0.391 e. The van der Waals surface area contributed by atoms with Gasteiger partial charge < -0.3 is 15.2 Å². The number of hydrogen-bond acceptors (Lipinski definition) is 5. The van der Waals surface area contributed by atoms with Crippen molar-refractivity contribution in [3.8, 4) is 0 Å². The van der Waals surface area contributed by atoms with Crippen LogP contribution in [0.3, 0.4) is 0 Å². The van der Waals surface area contributed by atoms with Gasteiger partial charge in [-0.25, -0.2) is 8.42 Å². The molecule has 3 atom stereocenters. The van der Waals surface area contributed by atoms with E-state index < -0.39 is 22.0 Å².